The van der Waals surface area contributed by atoms with E-state index >= 15 is 0 Å². The number of benzene rings is 3. The van der Waals surface area contributed by atoms with Gasteiger partial charge in [-0.3, -0.25) is 10.1 Å². The van der Waals surface area contributed by atoms with Crippen LogP contribution in [0.15, 0.2) is 72.5 Å². The Hall–Kier alpha value is -3.51. The highest BCUT2D eigenvalue weighted by atomic mass is 35.5. The predicted octanol–water partition coefficient (Wildman–Crippen LogP) is 5.85. The summed E-state index contributed by atoms with van der Waals surface area (Å²) in [5.74, 6) is 1.56. The second kappa shape index (κ2) is 8.70. The van der Waals surface area contributed by atoms with E-state index in [9.17, 15) is 10.1 Å². The van der Waals surface area contributed by atoms with Gasteiger partial charge >= 0.3 is 0 Å². The van der Waals surface area contributed by atoms with Crippen LogP contribution in [0.3, 0.4) is 0 Å². The van der Waals surface area contributed by atoms with Gasteiger partial charge in [0.2, 0.25) is 0 Å². The Bertz CT molecular complexity index is 1130. The number of hydrogen-bond acceptors (Lipinski definition) is 5. The van der Waals surface area contributed by atoms with Crippen LogP contribution in [0.4, 0.5) is 11.4 Å². The summed E-state index contributed by atoms with van der Waals surface area (Å²) in [5, 5.41) is 11.8. The van der Waals surface area contributed by atoms with Crippen molar-refractivity contribution in [2.24, 2.45) is 0 Å². The zero-order valence-corrected chi connectivity index (χ0v) is 17.9. The standard InChI is InChI=1S/C24H21ClN2O4/c1-30-21-11-9-19(10-12-21)26-15-22(31-2)13-17-3-6-18(25)14-23(17)24(26)16-4-7-20(8-5-16)27(28)29/h3-14,24H,15H2,1-2H3. The van der Waals surface area contributed by atoms with E-state index in [0.717, 1.165) is 33.9 Å². The number of ether oxygens (including phenoxy) is 2. The number of nitro benzene ring substituents is 1. The zero-order valence-electron chi connectivity index (χ0n) is 17.1. The van der Waals surface area contributed by atoms with Crippen molar-refractivity contribution >= 4 is 29.1 Å². The molecule has 0 bridgehead atoms. The van der Waals surface area contributed by atoms with Crippen LogP contribution in [0.1, 0.15) is 22.7 Å². The molecule has 1 atom stereocenters. The SMILES string of the molecule is COC1=Cc2ccc(Cl)cc2C(c2ccc([N+](=O)[O-])cc2)N(c2ccc(OC)cc2)C1. The largest absolute Gasteiger partial charge is 0.499 e. The van der Waals surface area contributed by atoms with E-state index in [1.54, 1.807) is 26.4 Å². The van der Waals surface area contributed by atoms with E-state index in [2.05, 4.69) is 4.90 Å². The van der Waals surface area contributed by atoms with Gasteiger partial charge in [-0.25, -0.2) is 0 Å². The molecule has 1 aliphatic rings. The lowest BCUT2D eigenvalue weighted by molar-refractivity contribution is -0.384. The van der Waals surface area contributed by atoms with Gasteiger partial charge in [0.05, 0.1) is 31.7 Å². The van der Waals surface area contributed by atoms with E-state index in [0.29, 0.717) is 11.6 Å². The van der Waals surface area contributed by atoms with Gasteiger partial charge in [0, 0.05) is 22.8 Å². The van der Waals surface area contributed by atoms with Gasteiger partial charge in [0.25, 0.3) is 5.69 Å². The summed E-state index contributed by atoms with van der Waals surface area (Å²) in [6, 6.07) is 19.9. The fraction of sp³-hybridized carbons (Fsp3) is 0.167. The number of rotatable bonds is 5. The Balaban J connectivity index is 1.90. The molecular weight excluding hydrogens is 416 g/mol. The van der Waals surface area contributed by atoms with Crippen molar-refractivity contribution in [2.75, 3.05) is 25.7 Å². The van der Waals surface area contributed by atoms with Crippen molar-refractivity contribution in [3.8, 4) is 5.75 Å². The van der Waals surface area contributed by atoms with E-state index in [1.807, 2.05) is 48.5 Å². The first-order valence-electron chi connectivity index (χ1n) is 9.69. The summed E-state index contributed by atoms with van der Waals surface area (Å²) < 4.78 is 11.0. The average Bonchev–Trinajstić information content (AvgIpc) is 2.95. The molecule has 0 N–H and O–H groups in total. The molecule has 0 aliphatic carbocycles. The first-order valence-corrected chi connectivity index (χ1v) is 10.1. The molecule has 0 saturated carbocycles. The summed E-state index contributed by atoms with van der Waals surface area (Å²) in [5.41, 5.74) is 3.90. The molecule has 31 heavy (non-hydrogen) atoms. The normalized spacial score (nSPS) is 15.5. The molecule has 3 aromatic rings. The molecule has 0 radical (unpaired) electrons. The van der Waals surface area contributed by atoms with Crippen LogP contribution < -0.4 is 9.64 Å². The maximum atomic E-state index is 11.2. The number of non-ortho nitro benzene ring substituents is 1. The van der Waals surface area contributed by atoms with Gasteiger partial charge in [-0.1, -0.05) is 17.7 Å². The molecule has 6 nitrogen and oxygen atoms in total. The Kier molecular flexibility index (Phi) is 5.82. The van der Waals surface area contributed by atoms with Crippen LogP contribution in [0, 0.1) is 10.1 Å². The highest BCUT2D eigenvalue weighted by Crippen LogP contribution is 2.40. The zero-order chi connectivity index (χ0) is 22.0. The quantitative estimate of drug-likeness (QED) is 0.370. The minimum Gasteiger partial charge on any atom is -0.499 e. The van der Waals surface area contributed by atoms with Gasteiger partial charge in [-0.05, 0) is 71.3 Å². The maximum Gasteiger partial charge on any atom is 0.269 e. The number of nitro groups is 1. The number of methoxy groups -OCH3 is 2. The minimum atomic E-state index is -0.395. The summed E-state index contributed by atoms with van der Waals surface area (Å²) >= 11 is 6.38. The molecule has 1 unspecified atom stereocenters. The third-order valence-electron chi connectivity index (χ3n) is 5.38. The molecular formula is C24H21ClN2O4. The molecule has 1 aliphatic heterocycles. The molecule has 3 aromatic carbocycles. The van der Waals surface area contributed by atoms with Gasteiger partial charge in [0.1, 0.15) is 11.5 Å². The lowest BCUT2D eigenvalue weighted by Gasteiger charge is -2.34. The van der Waals surface area contributed by atoms with Crippen molar-refractivity contribution in [2.45, 2.75) is 6.04 Å². The van der Waals surface area contributed by atoms with Crippen LogP contribution in [0.2, 0.25) is 5.02 Å². The molecule has 7 heteroatoms. The average molecular weight is 437 g/mol. The van der Waals surface area contributed by atoms with Gasteiger partial charge < -0.3 is 14.4 Å². The molecule has 4 rings (SSSR count). The fourth-order valence-corrected chi connectivity index (χ4v) is 4.02. The molecule has 0 saturated heterocycles. The maximum absolute atomic E-state index is 11.2. The Morgan fingerprint density at radius 1 is 1.00 bits per heavy atom. The monoisotopic (exact) mass is 436 g/mol. The molecule has 0 spiro atoms. The van der Waals surface area contributed by atoms with Gasteiger partial charge in [0.15, 0.2) is 0 Å². The van der Waals surface area contributed by atoms with Gasteiger partial charge in [-0.15, -0.1) is 0 Å². The van der Waals surface area contributed by atoms with Crippen LogP contribution in [-0.4, -0.2) is 25.7 Å². The highest BCUT2D eigenvalue weighted by Gasteiger charge is 2.29. The van der Waals surface area contributed by atoms with Crippen molar-refractivity contribution < 1.29 is 14.4 Å². The van der Waals surface area contributed by atoms with Crippen molar-refractivity contribution in [3.63, 3.8) is 0 Å². The molecule has 1 heterocycles. The summed E-state index contributed by atoms with van der Waals surface area (Å²) in [4.78, 5) is 13.0. The Labute approximate surface area is 185 Å². The predicted molar refractivity (Wildman–Crippen MR) is 122 cm³/mol. The summed E-state index contributed by atoms with van der Waals surface area (Å²) in [7, 11) is 3.28. The van der Waals surface area contributed by atoms with E-state index in [1.165, 1.54) is 12.1 Å². The fourth-order valence-electron chi connectivity index (χ4n) is 3.84. The topological polar surface area (TPSA) is 64.8 Å². The van der Waals surface area contributed by atoms with Gasteiger partial charge in [-0.2, -0.15) is 0 Å². The number of nitrogens with zero attached hydrogens (tertiary/aromatic N) is 2. The van der Waals surface area contributed by atoms with Crippen LogP contribution in [-0.2, 0) is 4.74 Å². The van der Waals surface area contributed by atoms with Crippen LogP contribution in [0.25, 0.3) is 6.08 Å². The second-order valence-corrected chi connectivity index (χ2v) is 7.60. The number of fused-ring (bicyclic) bond motifs is 1. The third kappa shape index (κ3) is 4.20. The molecule has 0 aromatic heterocycles. The Morgan fingerprint density at radius 2 is 1.71 bits per heavy atom. The molecule has 0 amide bonds. The van der Waals surface area contributed by atoms with Crippen LogP contribution >= 0.6 is 11.6 Å². The van der Waals surface area contributed by atoms with E-state index < -0.39 is 4.92 Å². The summed E-state index contributed by atoms with van der Waals surface area (Å²) in [6.45, 7) is 0.511. The van der Waals surface area contributed by atoms with Crippen molar-refractivity contribution in [1.82, 2.24) is 0 Å². The molecule has 0 fully saturated rings. The van der Waals surface area contributed by atoms with Crippen molar-refractivity contribution in [3.05, 3.63) is 104 Å². The first kappa shape index (κ1) is 20.8. The summed E-state index contributed by atoms with van der Waals surface area (Å²) in [6.07, 6.45) is 2.01. The Morgan fingerprint density at radius 3 is 2.32 bits per heavy atom. The minimum absolute atomic E-state index is 0.0513. The third-order valence-corrected chi connectivity index (χ3v) is 5.62. The van der Waals surface area contributed by atoms with Crippen molar-refractivity contribution in [1.29, 1.82) is 0 Å². The van der Waals surface area contributed by atoms with E-state index in [4.69, 9.17) is 21.1 Å². The van der Waals surface area contributed by atoms with E-state index in [-0.39, 0.29) is 11.7 Å². The number of anilines is 1. The second-order valence-electron chi connectivity index (χ2n) is 7.17. The number of hydrogen-bond donors (Lipinski definition) is 0. The first-order chi connectivity index (χ1) is 15.0. The number of halogens is 1. The van der Waals surface area contributed by atoms with Crippen LogP contribution in [0.5, 0.6) is 5.75 Å². The lowest BCUT2D eigenvalue weighted by Crippen LogP contribution is -2.31. The lowest BCUT2D eigenvalue weighted by atomic mass is 9.93. The molecule has 158 valence electrons. The highest BCUT2D eigenvalue weighted by molar-refractivity contribution is 6.30. The smallest absolute Gasteiger partial charge is 0.269 e.